The summed E-state index contributed by atoms with van der Waals surface area (Å²) in [6.45, 7) is 2.57. The summed E-state index contributed by atoms with van der Waals surface area (Å²) < 4.78 is 0. The zero-order valence-electron chi connectivity index (χ0n) is 8.03. The minimum Gasteiger partial charge on any atom is -0.392 e. The van der Waals surface area contributed by atoms with E-state index >= 15 is 0 Å². The van der Waals surface area contributed by atoms with Crippen molar-refractivity contribution in [2.45, 2.75) is 44.4 Å². The molecule has 3 unspecified atom stereocenters. The maximum Gasteiger partial charge on any atom is 0.0667 e. The van der Waals surface area contributed by atoms with Crippen molar-refractivity contribution in [2.24, 2.45) is 5.73 Å². The van der Waals surface area contributed by atoms with E-state index < -0.39 is 0 Å². The van der Waals surface area contributed by atoms with Crippen LogP contribution in [0.25, 0.3) is 0 Å². The second-order valence-electron chi connectivity index (χ2n) is 3.79. The Labute approximate surface area is 74.5 Å². The van der Waals surface area contributed by atoms with Crippen molar-refractivity contribution in [3.63, 3.8) is 0 Å². The molecular weight excluding hydrogens is 152 g/mol. The average Bonchev–Trinajstić information content (AvgIpc) is 2.04. The van der Waals surface area contributed by atoms with Crippen LogP contribution in [0, 0.1) is 0 Å². The van der Waals surface area contributed by atoms with Gasteiger partial charge in [0.25, 0.3) is 0 Å². The van der Waals surface area contributed by atoms with Gasteiger partial charge in [0.2, 0.25) is 0 Å². The molecule has 0 aromatic carbocycles. The summed E-state index contributed by atoms with van der Waals surface area (Å²) in [6, 6.07) is 0.783. The van der Waals surface area contributed by atoms with Crippen LogP contribution in [0.1, 0.15) is 26.2 Å². The monoisotopic (exact) mass is 172 g/mol. The van der Waals surface area contributed by atoms with Gasteiger partial charge in [-0.3, -0.25) is 4.90 Å². The minimum absolute atomic E-state index is 0.232. The Balaban J connectivity index is 2.53. The summed E-state index contributed by atoms with van der Waals surface area (Å²) in [5, 5.41) is 9.48. The Morgan fingerprint density at radius 3 is 2.75 bits per heavy atom. The molecule has 0 amide bonds. The summed E-state index contributed by atoms with van der Waals surface area (Å²) in [5.41, 5.74) is 5.63. The fourth-order valence-electron chi connectivity index (χ4n) is 2.11. The molecule has 12 heavy (non-hydrogen) atoms. The van der Waals surface area contributed by atoms with Gasteiger partial charge in [-0.1, -0.05) is 6.42 Å². The van der Waals surface area contributed by atoms with Gasteiger partial charge in [0, 0.05) is 18.6 Å². The zero-order chi connectivity index (χ0) is 9.14. The van der Waals surface area contributed by atoms with E-state index in [4.69, 9.17) is 5.73 Å². The molecule has 1 aliphatic rings. The highest BCUT2D eigenvalue weighted by Crippen LogP contribution is 2.22. The number of aliphatic hydroxyl groups is 1. The predicted octanol–water partition coefficient (Wildman–Crippen LogP) is 0.179. The molecule has 0 aromatic heterocycles. The quantitative estimate of drug-likeness (QED) is 0.624. The van der Waals surface area contributed by atoms with E-state index in [2.05, 4.69) is 11.9 Å². The molecule has 0 aliphatic carbocycles. The van der Waals surface area contributed by atoms with Gasteiger partial charge in [-0.05, 0) is 26.8 Å². The SMILES string of the molecule is CC(O)C1CCCC(CN)N1C. The number of piperidine rings is 1. The second kappa shape index (κ2) is 4.21. The molecular formula is C9H20N2O. The number of likely N-dealkylation sites (tertiary alicyclic amines) is 1. The molecule has 0 saturated carbocycles. The highest BCUT2D eigenvalue weighted by Gasteiger charge is 2.29. The van der Waals surface area contributed by atoms with E-state index in [1.165, 1.54) is 12.8 Å². The van der Waals surface area contributed by atoms with Gasteiger partial charge in [-0.25, -0.2) is 0 Å². The number of aliphatic hydroxyl groups excluding tert-OH is 1. The smallest absolute Gasteiger partial charge is 0.0667 e. The Morgan fingerprint density at radius 2 is 2.25 bits per heavy atom. The van der Waals surface area contributed by atoms with Gasteiger partial charge < -0.3 is 10.8 Å². The Morgan fingerprint density at radius 1 is 1.58 bits per heavy atom. The molecule has 0 spiro atoms. The van der Waals surface area contributed by atoms with Crippen molar-refractivity contribution in [3.05, 3.63) is 0 Å². The van der Waals surface area contributed by atoms with Crippen LogP contribution in [0.5, 0.6) is 0 Å². The first kappa shape index (κ1) is 9.96. The normalized spacial score (nSPS) is 35.0. The molecule has 3 N–H and O–H groups in total. The van der Waals surface area contributed by atoms with E-state index in [9.17, 15) is 5.11 Å². The Hall–Kier alpha value is -0.120. The number of nitrogens with zero attached hydrogens (tertiary/aromatic N) is 1. The highest BCUT2D eigenvalue weighted by molar-refractivity contribution is 4.85. The highest BCUT2D eigenvalue weighted by atomic mass is 16.3. The van der Waals surface area contributed by atoms with Gasteiger partial charge in [0.1, 0.15) is 0 Å². The van der Waals surface area contributed by atoms with Gasteiger partial charge in [-0.2, -0.15) is 0 Å². The largest absolute Gasteiger partial charge is 0.392 e. The van der Waals surface area contributed by atoms with Gasteiger partial charge >= 0.3 is 0 Å². The molecule has 1 saturated heterocycles. The lowest BCUT2D eigenvalue weighted by Gasteiger charge is -2.40. The summed E-state index contributed by atoms with van der Waals surface area (Å²) in [6.07, 6.45) is 3.24. The topological polar surface area (TPSA) is 49.5 Å². The number of nitrogens with two attached hydrogens (primary N) is 1. The van der Waals surface area contributed by atoms with E-state index in [1.807, 2.05) is 6.92 Å². The van der Waals surface area contributed by atoms with Crippen LogP contribution in [0.15, 0.2) is 0 Å². The number of hydrogen-bond acceptors (Lipinski definition) is 3. The Bertz CT molecular complexity index is 138. The molecule has 1 fully saturated rings. The molecule has 0 aromatic rings. The van der Waals surface area contributed by atoms with Crippen molar-refractivity contribution >= 4 is 0 Å². The molecule has 0 bridgehead atoms. The lowest BCUT2D eigenvalue weighted by molar-refractivity contribution is 0.0238. The second-order valence-corrected chi connectivity index (χ2v) is 3.79. The van der Waals surface area contributed by atoms with Crippen LogP contribution in [0.3, 0.4) is 0 Å². The maximum absolute atomic E-state index is 9.48. The van der Waals surface area contributed by atoms with E-state index in [0.717, 1.165) is 6.42 Å². The van der Waals surface area contributed by atoms with Crippen LogP contribution < -0.4 is 5.73 Å². The summed E-state index contributed by atoms with van der Waals surface area (Å²) >= 11 is 0. The summed E-state index contributed by atoms with van der Waals surface area (Å²) in [4.78, 5) is 2.23. The van der Waals surface area contributed by atoms with Crippen LogP contribution >= 0.6 is 0 Å². The first-order valence-electron chi connectivity index (χ1n) is 4.77. The minimum atomic E-state index is -0.232. The fourth-order valence-corrected chi connectivity index (χ4v) is 2.11. The van der Waals surface area contributed by atoms with E-state index in [1.54, 1.807) is 0 Å². The molecule has 0 radical (unpaired) electrons. The van der Waals surface area contributed by atoms with Gasteiger partial charge in [-0.15, -0.1) is 0 Å². The molecule has 3 atom stereocenters. The van der Waals surface area contributed by atoms with Crippen molar-refractivity contribution < 1.29 is 5.11 Å². The average molecular weight is 172 g/mol. The maximum atomic E-state index is 9.48. The van der Waals surface area contributed by atoms with Crippen LogP contribution in [-0.4, -0.2) is 41.8 Å². The molecule has 72 valence electrons. The zero-order valence-corrected chi connectivity index (χ0v) is 8.03. The summed E-state index contributed by atoms with van der Waals surface area (Å²) in [7, 11) is 2.06. The standard InChI is InChI=1S/C9H20N2O/c1-7(12)9-5-3-4-8(6-10)11(9)2/h7-9,12H,3-6,10H2,1-2H3. The van der Waals surface area contributed by atoms with Gasteiger partial charge in [0.15, 0.2) is 0 Å². The fraction of sp³-hybridized carbons (Fsp3) is 1.00. The molecule has 1 rings (SSSR count). The van der Waals surface area contributed by atoms with E-state index in [-0.39, 0.29) is 6.10 Å². The third-order valence-electron chi connectivity index (χ3n) is 2.97. The third kappa shape index (κ3) is 1.97. The third-order valence-corrected chi connectivity index (χ3v) is 2.97. The lowest BCUT2D eigenvalue weighted by atomic mass is 9.93. The predicted molar refractivity (Wildman–Crippen MR) is 49.9 cm³/mol. The Kier molecular flexibility index (Phi) is 3.50. The molecule has 3 nitrogen and oxygen atoms in total. The number of hydrogen-bond donors (Lipinski definition) is 2. The molecule has 1 heterocycles. The first-order chi connectivity index (χ1) is 5.66. The number of likely N-dealkylation sites (N-methyl/N-ethyl adjacent to an activating group) is 1. The molecule has 3 heteroatoms. The van der Waals surface area contributed by atoms with Crippen LogP contribution in [0.4, 0.5) is 0 Å². The summed E-state index contributed by atoms with van der Waals surface area (Å²) in [5.74, 6) is 0. The van der Waals surface area contributed by atoms with Crippen LogP contribution in [0.2, 0.25) is 0 Å². The van der Waals surface area contributed by atoms with Crippen molar-refractivity contribution in [1.29, 1.82) is 0 Å². The van der Waals surface area contributed by atoms with E-state index in [0.29, 0.717) is 18.6 Å². The number of rotatable bonds is 2. The molecule has 1 aliphatic heterocycles. The van der Waals surface area contributed by atoms with Crippen molar-refractivity contribution in [3.8, 4) is 0 Å². The van der Waals surface area contributed by atoms with Crippen molar-refractivity contribution in [2.75, 3.05) is 13.6 Å². The van der Waals surface area contributed by atoms with Crippen molar-refractivity contribution in [1.82, 2.24) is 4.90 Å². The van der Waals surface area contributed by atoms with Crippen LogP contribution in [-0.2, 0) is 0 Å². The first-order valence-corrected chi connectivity index (χ1v) is 4.77. The lowest BCUT2D eigenvalue weighted by Crippen LogP contribution is -2.51. The van der Waals surface area contributed by atoms with Gasteiger partial charge in [0.05, 0.1) is 6.10 Å².